The molecule has 3 aromatic rings. The number of carboxylic acid groups (broad SMARTS) is 1. The van der Waals surface area contributed by atoms with Crippen molar-refractivity contribution in [3.8, 4) is 5.13 Å². The first-order valence-electron chi connectivity index (χ1n) is 11.2. The monoisotopic (exact) mass is 470 g/mol. The molecule has 3 aromatic heterocycles. The summed E-state index contributed by atoms with van der Waals surface area (Å²) in [7, 11) is 0. The number of pyridine rings is 2. The smallest absolute Gasteiger partial charge is 0.341 e. The number of hydrogen-bond acceptors (Lipinski definition) is 8. The maximum atomic E-state index is 12.9. The van der Waals surface area contributed by atoms with E-state index in [0.29, 0.717) is 40.9 Å². The van der Waals surface area contributed by atoms with Crippen LogP contribution in [0.1, 0.15) is 35.2 Å². The zero-order valence-corrected chi connectivity index (χ0v) is 19.2. The van der Waals surface area contributed by atoms with Crippen molar-refractivity contribution < 1.29 is 19.4 Å². The first kappa shape index (κ1) is 22.0. The van der Waals surface area contributed by atoms with Gasteiger partial charge in [-0.05, 0) is 37.8 Å². The number of rotatable bonds is 7. The summed E-state index contributed by atoms with van der Waals surface area (Å²) >= 11 is 1.35. The van der Waals surface area contributed by atoms with Crippen LogP contribution in [0.2, 0.25) is 0 Å². The number of hydrogen-bond donors (Lipinski definition) is 1. The van der Waals surface area contributed by atoms with E-state index in [2.05, 4.69) is 9.88 Å². The Morgan fingerprint density at radius 2 is 2.18 bits per heavy atom. The summed E-state index contributed by atoms with van der Waals surface area (Å²) in [5.41, 5.74) is 0.298. The van der Waals surface area contributed by atoms with Crippen LogP contribution < -0.4 is 10.3 Å². The zero-order chi connectivity index (χ0) is 22.9. The summed E-state index contributed by atoms with van der Waals surface area (Å²) < 4.78 is 13.2. The molecule has 9 nitrogen and oxygen atoms in total. The van der Waals surface area contributed by atoms with Crippen LogP contribution in [0.5, 0.6) is 0 Å². The molecule has 1 unspecified atom stereocenters. The fourth-order valence-corrected chi connectivity index (χ4v) is 5.06. The van der Waals surface area contributed by atoms with E-state index < -0.39 is 11.4 Å². The number of nitrogens with zero attached hydrogens (tertiary/aromatic N) is 4. The Kier molecular flexibility index (Phi) is 6.13. The number of carboxylic acids is 1. The van der Waals surface area contributed by atoms with Crippen molar-refractivity contribution in [3.63, 3.8) is 0 Å². The van der Waals surface area contributed by atoms with E-state index in [-0.39, 0.29) is 11.7 Å². The number of aromatic carboxylic acids is 1. The summed E-state index contributed by atoms with van der Waals surface area (Å²) in [4.78, 5) is 35.8. The molecule has 5 rings (SSSR count). The molecule has 2 aliphatic rings. The fourth-order valence-electron chi connectivity index (χ4n) is 4.44. The second-order valence-corrected chi connectivity index (χ2v) is 9.53. The molecule has 0 aliphatic carbocycles. The molecule has 1 atom stereocenters. The van der Waals surface area contributed by atoms with Gasteiger partial charge in [-0.3, -0.25) is 9.36 Å². The highest BCUT2D eigenvalue weighted by atomic mass is 32.1. The third kappa shape index (κ3) is 4.38. The van der Waals surface area contributed by atoms with Crippen molar-refractivity contribution in [1.82, 2.24) is 14.5 Å². The van der Waals surface area contributed by atoms with Crippen LogP contribution >= 0.6 is 11.3 Å². The third-order valence-electron chi connectivity index (χ3n) is 6.21. The number of ether oxygens (including phenoxy) is 2. The molecule has 0 radical (unpaired) electrons. The van der Waals surface area contributed by atoms with E-state index in [1.807, 2.05) is 13.0 Å². The molecule has 1 N–H and O–H groups in total. The summed E-state index contributed by atoms with van der Waals surface area (Å²) in [6, 6.07) is 1.86. The van der Waals surface area contributed by atoms with Gasteiger partial charge in [0.2, 0.25) is 5.43 Å². The molecule has 5 heterocycles. The van der Waals surface area contributed by atoms with Gasteiger partial charge < -0.3 is 19.5 Å². The molecule has 174 valence electrons. The second kappa shape index (κ2) is 9.20. The number of anilines is 1. The van der Waals surface area contributed by atoms with Gasteiger partial charge >= 0.3 is 5.97 Å². The maximum absolute atomic E-state index is 12.9. The van der Waals surface area contributed by atoms with E-state index in [0.717, 1.165) is 38.4 Å². The van der Waals surface area contributed by atoms with Crippen molar-refractivity contribution in [1.29, 1.82) is 0 Å². The molecule has 0 bridgehead atoms. The lowest BCUT2D eigenvalue weighted by molar-refractivity contribution is -0.0483. The van der Waals surface area contributed by atoms with Crippen LogP contribution in [0.3, 0.4) is 0 Å². The Labute approximate surface area is 194 Å². The van der Waals surface area contributed by atoms with Crippen molar-refractivity contribution in [2.24, 2.45) is 5.92 Å². The molecule has 0 amide bonds. The van der Waals surface area contributed by atoms with Crippen LogP contribution in [0.15, 0.2) is 28.6 Å². The lowest BCUT2D eigenvalue weighted by atomic mass is 10.0. The summed E-state index contributed by atoms with van der Waals surface area (Å²) in [5, 5.41) is 12.2. The van der Waals surface area contributed by atoms with Gasteiger partial charge in [-0.25, -0.2) is 14.8 Å². The molecule has 0 aromatic carbocycles. The van der Waals surface area contributed by atoms with Gasteiger partial charge in [-0.2, -0.15) is 0 Å². The zero-order valence-electron chi connectivity index (χ0n) is 18.4. The van der Waals surface area contributed by atoms with Gasteiger partial charge in [0.05, 0.1) is 24.7 Å². The molecule has 2 aliphatic heterocycles. The van der Waals surface area contributed by atoms with Crippen molar-refractivity contribution in [2.45, 2.75) is 32.3 Å². The van der Waals surface area contributed by atoms with Crippen LogP contribution in [0.25, 0.3) is 16.2 Å². The molecule has 0 spiro atoms. The van der Waals surface area contributed by atoms with E-state index in [1.165, 1.54) is 24.0 Å². The number of carbonyl (C=O) groups is 1. The molecule has 0 saturated carbocycles. The van der Waals surface area contributed by atoms with Gasteiger partial charge in [0.15, 0.2) is 10.8 Å². The third-order valence-corrected chi connectivity index (χ3v) is 6.98. The van der Waals surface area contributed by atoms with Gasteiger partial charge in [-0.15, -0.1) is 11.3 Å². The minimum Gasteiger partial charge on any atom is -0.477 e. The van der Waals surface area contributed by atoms with E-state index in [4.69, 9.17) is 14.5 Å². The largest absolute Gasteiger partial charge is 0.477 e. The van der Waals surface area contributed by atoms with Crippen LogP contribution in [0.4, 0.5) is 5.82 Å². The SMILES string of the molecule is Cc1cc(N2CC(COCC3CCCCO3)C2)nc2c1c(=O)c(C(=O)O)cn2-c1nccs1. The lowest BCUT2D eigenvalue weighted by Gasteiger charge is -2.40. The maximum Gasteiger partial charge on any atom is 0.341 e. The Hall–Kier alpha value is -2.82. The van der Waals surface area contributed by atoms with E-state index >= 15 is 0 Å². The van der Waals surface area contributed by atoms with Crippen molar-refractivity contribution >= 4 is 34.2 Å². The normalized spacial score (nSPS) is 19.1. The average Bonchev–Trinajstić information content (AvgIpc) is 3.30. The molecular formula is C23H26N4O5S. The summed E-state index contributed by atoms with van der Waals surface area (Å²) in [6.45, 7) is 5.62. The number of aryl methyl sites for hydroxylation is 1. The minimum absolute atomic E-state index is 0.220. The topological polar surface area (TPSA) is 107 Å². The molecule has 2 fully saturated rings. The Bertz CT molecular complexity index is 1210. The van der Waals surface area contributed by atoms with Gasteiger partial charge in [-0.1, -0.05) is 0 Å². The van der Waals surface area contributed by atoms with Crippen molar-refractivity contribution in [2.75, 3.05) is 37.8 Å². The highest BCUT2D eigenvalue weighted by Crippen LogP contribution is 2.28. The predicted molar refractivity (Wildman–Crippen MR) is 125 cm³/mol. The fraction of sp³-hybridized carbons (Fsp3) is 0.478. The predicted octanol–water partition coefficient (Wildman–Crippen LogP) is 2.87. The molecular weight excluding hydrogens is 444 g/mol. The highest BCUT2D eigenvalue weighted by molar-refractivity contribution is 7.12. The summed E-state index contributed by atoms with van der Waals surface area (Å²) in [5.74, 6) is -0.0820. The van der Waals surface area contributed by atoms with Gasteiger partial charge in [0.1, 0.15) is 11.4 Å². The first-order valence-corrected chi connectivity index (χ1v) is 12.0. The van der Waals surface area contributed by atoms with Crippen molar-refractivity contribution in [3.05, 3.63) is 45.2 Å². The second-order valence-electron chi connectivity index (χ2n) is 8.65. The highest BCUT2D eigenvalue weighted by Gasteiger charge is 2.30. The minimum atomic E-state index is -1.26. The average molecular weight is 471 g/mol. The summed E-state index contributed by atoms with van der Waals surface area (Å²) in [6.07, 6.45) is 6.60. The Morgan fingerprint density at radius 1 is 1.33 bits per heavy atom. The van der Waals surface area contributed by atoms with E-state index in [9.17, 15) is 14.7 Å². The van der Waals surface area contributed by atoms with Crippen LogP contribution in [-0.4, -0.2) is 64.6 Å². The Morgan fingerprint density at radius 3 is 2.88 bits per heavy atom. The number of thiazole rings is 1. The standard InChI is InChI=1S/C23H26N4O5S/c1-14-8-18(26-9-15(10-26)12-31-13-16-4-2-3-6-32-16)25-21-19(14)20(28)17(22(29)30)11-27(21)23-24-5-7-33-23/h5,7-8,11,15-16H,2-4,6,9-10,12-13H2,1H3,(H,29,30). The van der Waals surface area contributed by atoms with Crippen LogP contribution in [-0.2, 0) is 9.47 Å². The van der Waals surface area contributed by atoms with Gasteiger partial charge in [0, 0.05) is 43.4 Å². The van der Waals surface area contributed by atoms with Crippen LogP contribution in [0, 0.1) is 12.8 Å². The number of fused-ring (bicyclic) bond motifs is 1. The lowest BCUT2D eigenvalue weighted by Crippen LogP contribution is -2.49. The van der Waals surface area contributed by atoms with E-state index in [1.54, 1.807) is 16.1 Å². The first-order chi connectivity index (χ1) is 16.0. The molecule has 10 heteroatoms. The molecule has 2 saturated heterocycles. The van der Waals surface area contributed by atoms with Gasteiger partial charge in [0.25, 0.3) is 0 Å². The number of aromatic nitrogens is 3. The quantitative estimate of drug-likeness (QED) is 0.562. The molecule has 33 heavy (non-hydrogen) atoms. The Balaban J connectivity index is 1.36.